The van der Waals surface area contributed by atoms with E-state index in [4.69, 9.17) is 16.7 Å². The highest BCUT2D eigenvalue weighted by molar-refractivity contribution is 6.32. The maximum Gasteiger partial charge on any atom is 0.512 e. The third kappa shape index (κ3) is 4.63. The van der Waals surface area contributed by atoms with E-state index in [2.05, 4.69) is 20.1 Å². The van der Waals surface area contributed by atoms with Crippen molar-refractivity contribution >= 4 is 29.4 Å². The number of benzene rings is 1. The number of halogens is 4. The Hall–Kier alpha value is -3.60. The van der Waals surface area contributed by atoms with Gasteiger partial charge < -0.3 is 15.2 Å². The molecule has 0 aliphatic carbocycles. The molecule has 2 N–H and O–H groups in total. The first kappa shape index (κ1) is 20.1. The summed E-state index contributed by atoms with van der Waals surface area (Å²) in [5.41, 5.74) is -1.07. The van der Waals surface area contributed by atoms with Crippen LogP contribution in [-0.4, -0.2) is 31.9 Å². The lowest BCUT2D eigenvalue weighted by Gasteiger charge is -2.08. The van der Waals surface area contributed by atoms with E-state index in [-0.39, 0.29) is 28.1 Å². The zero-order valence-electron chi connectivity index (χ0n) is 14.1. The Bertz CT molecular complexity index is 1070. The number of nitrogens with one attached hydrogen (secondary N) is 1. The average molecular weight is 427 g/mol. The summed E-state index contributed by atoms with van der Waals surface area (Å²) in [5.74, 6) is -1.15. The normalized spacial score (nSPS) is 11.2. The van der Waals surface area contributed by atoms with Gasteiger partial charge in [-0.1, -0.05) is 11.6 Å². The Morgan fingerprint density at radius 3 is 2.45 bits per heavy atom. The minimum atomic E-state index is -4.51. The van der Waals surface area contributed by atoms with E-state index < -0.39 is 23.8 Å². The second-order valence-corrected chi connectivity index (χ2v) is 5.89. The van der Waals surface area contributed by atoms with Gasteiger partial charge in [-0.15, -0.1) is 0 Å². The van der Waals surface area contributed by atoms with Gasteiger partial charge in [-0.25, -0.2) is 9.78 Å². The predicted octanol–water partition coefficient (Wildman–Crippen LogP) is 4.25. The average Bonchev–Trinajstić information content (AvgIpc) is 3.05. The van der Waals surface area contributed by atoms with Crippen molar-refractivity contribution in [3.63, 3.8) is 0 Å². The largest absolute Gasteiger partial charge is 0.512 e. The van der Waals surface area contributed by atoms with Gasteiger partial charge in [0.15, 0.2) is 11.5 Å². The van der Waals surface area contributed by atoms with Crippen LogP contribution in [0.5, 0.6) is 5.88 Å². The monoisotopic (exact) mass is 426 g/mol. The molecular formula is C17H10ClF3N4O4. The number of carboxylic acid groups (broad SMARTS) is 1. The van der Waals surface area contributed by atoms with Gasteiger partial charge in [0.05, 0.1) is 10.6 Å². The number of nitrogens with zero attached hydrogens (tertiary/aromatic N) is 3. The number of carbonyl (C=O) groups is 2. The molecule has 0 saturated heterocycles. The molecule has 1 amide bonds. The molecule has 2 aromatic heterocycles. The summed E-state index contributed by atoms with van der Waals surface area (Å²) in [4.78, 5) is 27.3. The van der Waals surface area contributed by atoms with Crippen LogP contribution in [0.3, 0.4) is 0 Å². The van der Waals surface area contributed by atoms with Crippen molar-refractivity contribution in [3.05, 3.63) is 64.9 Å². The van der Waals surface area contributed by atoms with E-state index in [1.165, 1.54) is 18.3 Å². The summed E-state index contributed by atoms with van der Waals surface area (Å²) in [6.45, 7) is 0. The molecule has 0 radical (unpaired) electrons. The summed E-state index contributed by atoms with van der Waals surface area (Å²) >= 11 is 6.02. The van der Waals surface area contributed by atoms with Crippen molar-refractivity contribution in [2.75, 3.05) is 5.32 Å². The van der Waals surface area contributed by atoms with E-state index >= 15 is 0 Å². The second kappa shape index (κ2) is 7.80. The summed E-state index contributed by atoms with van der Waals surface area (Å²) in [7, 11) is 0. The van der Waals surface area contributed by atoms with Crippen molar-refractivity contribution in [1.82, 2.24) is 14.8 Å². The molecule has 0 aliphatic heterocycles. The van der Waals surface area contributed by atoms with E-state index in [0.29, 0.717) is 0 Å². The van der Waals surface area contributed by atoms with Crippen LogP contribution in [0.1, 0.15) is 16.1 Å². The predicted molar refractivity (Wildman–Crippen MR) is 94.4 cm³/mol. The number of amides is 1. The van der Waals surface area contributed by atoms with Gasteiger partial charge in [-0.3, -0.25) is 4.79 Å². The van der Waals surface area contributed by atoms with Crippen molar-refractivity contribution in [2.45, 2.75) is 6.18 Å². The number of hydrogen-bond donors (Lipinski definition) is 2. The van der Waals surface area contributed by atoms with Gasteiger partial charge in [0.1, 0.15) is 0 Å². The minimum Gasteiger partial charge on any atom is -0.449 e. The maximum absolute atomic E-state index is 12.6. The van der Waals surface area contributed by atoms with Crippen molar-refractivity contribution in [2.24, 2.45) is 0 Å². The van der Waals surface area contributed by atoms with Crippen LogP contribution in [0, 0.1) is 0 Å². The summed E-state index contributed by atoms with van der Waals surface area (Å²) in [5, 5.41) is 15.3. The molecule has 29 heavy (non-hydrogen) atoms. The molecule has 0 bridgehead atoms. The SMILES string of the molecule is O=C(O)Oc1cc(C(=O)Nc2ccc(C(F)(F)F)cc2)nn1-c1ncccc1Cl. The first-order chi connectivity index (χ1) is 13.6. The lowest BCUT2D eigenvalue weighted by atomic mass is 10.2. The van der Waals surface area contributed by atoms with Gasteiger partial charge >= 0.3 is 12.3 Å². The molecule has 150 valence electrons. The van der Waals surface area contributed by atoms with Gasteiger partial charge in [0.2, 0.25) is 5.88 Å². The van der Waals surface area contributed by atoms with Crippen LogP contribution >= 0.6 is 11.6 Å². The molecule has 8 nitrogen and oxygen atoms in total. The van der Waals surface area contributed by atoms with E-state index in [9.17, 15) is 22.8 Å². The van der Waals surface area contributed by atoms with Crippen LogP contribution < -0.4 is 10.1 Å². The fourth-order valence-electron chi connectivity index (χ4n) is 2.26. The number of alkyl halides is 3. The topological polar surface area (TPSA) is 106 Å². The second-order valence-electron chi connectivity index (χ2n) is 5.49. The first-order valence-electron chi connectivity index (χ1n) is 7.75. The molecule has 2 heterocycles. The quantitative estimate of drug-likeness (QED) is 0.604. The maximum atomic E-state index is 12.6. The Kier molecular flexibility index (Phi) is 5.41. The van der Waals surface area contributed by atoms with Crippen LogP contribution in [-0.2, 0) is 6.18 Å². The van der Waals surface area contributed by atoms with Crippen molar-refractivity contribution < 1.29 is 32.6 Å². The number of rotatable bonds is 4. The molecule has 0 atom stereocenters. The van der Waals surface area contributed by atoms with E-state index in [1.54, 1.807) is 0 Å². The molecule has 0 saturated carbocycles. The van der Waals surface area contributed by atoms with Crippen LogP contribution in [0.2, 0.25) is 5.02 Å². The zero-order valence-corrected chi connectivity index (χ0v) is 14.9. The minimum absolute atomic E-state index is 0.0130. The lowest BCUT2D eigenvalue weighted by molar-refractivity contribution is -0.137. The molecule has 1 aromatic carbocycles. The summed E-state index contributed by atoms with van der Waals surface area (Å²) < 4.78 is 43.4. The number of ether oxygens (including phenoxy) is 1. The van der Waals surface area contributed by atoms with Gasteiger partial charge in [-0.2, -0.15) is 23.0 Å². The number of aromatic nitrogens is 3. The lowest BCUT2D eigenvalue weighted by Crippen LogP contribution is -2.14. The van der Waals surface area contributed by atoms with Gasteiger partial charge in [-0.05, 0) is 36.4 Å². The van der Waals surface area contributed by atoms with E-state index in [1.807, 2.05) is 0 Å². The van der Waals surface area contributed by atoms with Gasteiger partial charge in [0.25, 0.3) is 5.91 Å². The fourth-order valence-corrected chi connectivity index (χ4v) is 2.46. The van der Waals surface area contributed by atoms with Crippen LogP contribution in [0.15, 0.2) is 48.7 Å². The third-order valence-corrected chi connectivity index (χ3v) is 3.81. The molecule has 0 aliphatic rings. The Labute approximate surface area is 165 Å². The Morgan fingerprint density at radius 1 is 1.17 bits per heavy atom. The van der Waals surface area contributed by atoms with Crippen LogP contribution in [0.25, 0.3) is 5.82 Å². The summed E-state index contributed by atoms with van der Waals surface area (Å²) in [6, 6.07) is 7.79. The number of anilines is 1. The Morgan fingerprint density at radius 2 is 1.86 bits per heavy atom. The van der Waals surface area contributed by atoms with Crippen molar-refractivity contribution in [3.8, 4) is 11.7 Å². The van der Waals surface area contributed by atoms with Crippen LogP contribution in [0.4, 0.5) is 23.7 Å². The smallest absolute Gasteiger partial charge is 0.449 e. The standard InChI is InChI=1S/C17H10ClF3N4O4/c18-11-2-1-7-22-14(11)25-13(29-16(27)28)8-12(24-25)15(26)23-10-5-3-9(4-6-10)17(19,20)21/h1-8H,(H,23,26)(H,27,28). The highest BCUT2D eigenvalue weighted by atomic mass is 35.5. The molecule has 0 fully saturated rings. The molecule has 0 unspecified atom stereocenters. The van der Waals surface area contributed by atoms with Gasteiger partial charge in [0, 0.05) is 18.0 Å². The zero-order chi connectivity index (χ0) is 21.2. The first-order valence-corrected chi connectivity index (χ1v) is 8.13. The Balaban J connectivity index is 1.89. The summed E-state index contributed by atoms with van der Waals surface area (Å²) in [6.07, 6.45) is -4.80. The van der Waals surface area contributed by atoms with E-state index in [0.717, 1.165) is 35.0 Å². The molecule has 3 rings (SSSR count). The highest BCUT2D eigenvalue weighted by Crippen LogP contribution is 2.30. The molecule has 3 aromatic rings. The molecular weight excluding hydrogens is 417 g/mol. The third-order valence-electron chi connectivity index (χ3n) is 3.51. The molecule has 12 heteroatoms. The highest BCUT2D eigenvalue weighted by Gasteiger charge is 2.30. The molecule has 0 spiro atoms. The van der Waals surface area contributed by atoms with Crippen molar-refractivity contribution in [1.29, 1.82) is 0 Å². The fraction of sp³-hybridized carbons (Fsp3) is 0.0588. The number of hydrogen-bond acceptors (Lipinski definition) is 5. The number of carbonyl (C=O) groups excluding carboxylic acids is 1. The number of pyridine rings is 1.